The van der Waals surface area contributed by atoms with Gasteiger partial charge in [-0.1, -0.05) is 26.0 Å². The van der Waals surface area contributed by atoms with E-state index >= 15 is 0 Å². The molecule has 0 saturated heterocycles. The van der Waals surface area contributed by atoms with E-state index in [1.165, 1.54) is 29.3 Å². The maximum absolute atomic E-state index is 11.1. The molecule has 0 aliphatic heterocycles. The van der Waals surface area contributed by atoms with E-state index in [1.54, 1.807) is 0 Å². The molecular weight excluding hydrogens is 276 g/mol. The zero-order valence-corrected chi connectivity index (χ0v) is 13.9. The number of nitrogens with two attached hydrogens (primary N) is 1. The van der Waals surface area contributed by atoms with Gasteiger partial charge in [-0.15, -0.1) is 0 Å². The molecule has 1 aromatic heterocycles. The summed E-state index contributed by atoms with van der Waals surface area (Å²) < 4.78 is 2.14. The van der Waals surface area contributed by atoms with Gasteiger partial charge < -0.3 is 15.4 Å². The second kappa shape index (κ2) is 6.53. The molecule has 1 saturated carbocycles. The summed E-state index contributed by atoms with van der Waals surface area (Å²) in [4.78, 5) is 11.1. The summed E-state index contributed by atoms with van der Waals surface area (Å²) in [6.45, 7) is 6.04. The van der Waals surface area contributed by atoms with Gasteiger partial charge in [0.1, 0.15) is 6.04 Å². The minimum Gasteiger partial charge on any atom is -0.480 e. The molecular formula is C18H26N2O2. The maximum atomic E-state index is 11.1. The first kappa shape index (κ1) is 16.6. The number of fused-ring (bicyclic) bond motifs is 1. The summed E-state index contributed by atoms with van der Waals surface area (Å²) in [6.07, 6.45) is 2.86. The maximum Gasteiger partial charge on any atom is 0.320 e. The fourth-order valence-corrected chi connectivity index (χ4v) is 3.02. The number of nitrogens with zero attached hydrogens (tertiary/aromatic N) is 1. The first-order valence-corrected chi connectivity index (χ1v) is 8.06. The third kappa shape index (κ3) is 2.88. The fraction of sp³-hybridized carbons (Fsp3) is 0.500. The lowest BCUT2D eigenvalue weighted by Gasteiger charge is -2.09. The zero-order chi connectivity index (χ0) is 16.4. The molecule has 4 nitrogen and oxygen atoms in total. The van der Waals surface area contributed by atoms with Crippen molar-refractivity contribution in [2.45, 2.75) is 52.0 Å². The third-order valence-electron chi connectivity index (χ3n) is 4.44. The van der Waals surface area contributed by atoms with Crippen LogP contribution in [0.15, 0.2) is 18.2 Å². The molecule has 120 valence electrons. The van der Waals surface area contributed by atoms with Crippen LogP contribution in [0.4, 0.5) is 0 Å². The molecule has 1 aromatic carbocycles. The van der Waals surface area contributed by atoms with Gasteiger partial charge in [-0.3, -0.25) is 4.79 Å². The van der Waals surface area contributed by atoms with E-state index in [4.69, 9.17) is 10.8 Å². The SMILES string of the molecule is CC.Cc1c(CC(N)C(=O)O)c2c(C3CC3)cccc2n1C. The van der Waals surface area contributed by atoms with Gasteiger partial charge in [-0.05, 0) is 42.9 Å². The second-order valence-corrected chi connectivity index (χ2v) is 5.79. The van der Waals surface area contributed by atoms with E-state index in [9.17, 15) is 4.79 Å². The summed E-state index contributed by atoms with van der Waals surface area (Å²) in [5, 5.41) is 10.3. The number of aliphatic carboxylic acids is 1. The van der Waals surface area contributed by atoms with Crippen molar-refractivity contribution in [1.29, 1.82) is 0 Å². The van der Waals surface area contributed by atoms with Crippen molar-refractivity contribution in [3.8, 4) is 0 Å². The zero-order valence-electron chi connectivity index (χ0n) is 13.9. The first-order chi connectivity index (χ1) is 10.5. The van der Waals surface area contributed by atoms with Gasteiger partial charge in [0.15, 0.2) is 0 Å². The Bertz CT molecular complexity index is 684. The minimum absolute atomic E-state index is 0.391. The number of aryl methyl sites for hydroxylation is 1. The van der Waals surface area contributed by atoms with Crippen LogP contribution in [-0.2, 0) is 18.3 Å². The van der Waals surface area contributed by atoms with Gasteiger partial charge in [0, 0.05) is 30.1 Å². The van der Waals surface area contributed by atoms with E-state index in [0.29, 0.717) is 12.3 Å². The molecule has 3 N–H and O–H groups in total. The van der Waals surface area contributed by atoms with Crippen LogP contribution in [-0.4, -0.2) is 21.7 Å². The number of carboxylic acid groups (broad SMARTS) is 1. The summed E-state index contributed by atoms with van der Waals surface area (Å²) >= 11 is 0. The van der Waals surface area contributed by atoms with Crippen LogP contribution >= 0.6 is 0 Å². The van der Waals surface area contributed by atoms with E-state index < -0.39 is 12.0 Å². The average Bonchev–Trinajstić information content (AvgIpc) is 3.33. The predicted octanol–water partition coefficient (Wildman–Crippen LogP) is 3.34. The largest absolute Gasteiger partial charge is 0.480 e. The number of rotatable bonds is 4. The predicted molar refractivity (Wildman–Crippen MR) is 90.3 cm³/mol. The molecule has 22 heavy (non-hydrogen) atoms. The van der Waals surface area contributed by atoms with Crippen LogP contribution in [0, 0.1) is 6.92 Å². The molecule has 4 heteroatoms. The van der Waals surface area contributed by atoms with E-state index in [0.717, 1.165) is 11.3 Å². The average molecular weight is 302 g/mol. The molecule has 0 spiro atoms. The highest BCUT2D eigenvalue weighted by Gasteiger charge is 2.28. The Morgan fingerprint density at radius 1 is 1.41 bits per heavy atom. The lowest BCUT2D eigenvalue weighted by Crippen LogP contribution is -2.32. The van der Waals surface area contributed by atoms with Gasteiger partial charge >= 0.3 is 5.97 Å². The topological polar surface area (TPSA) is 68.2 Å². The molecule has 0 amide bonds. The monoisotopic (exact) mass is 302 g/mol. The van der Waals surface area contributed by atoms with Gasteiger partial charge in [-0.2, -0.15) is 0 Å². The smallest absolute Gasteiger partial charge is 0.320 e. The molecule has 1 unspecified atom stereocenters. The van der Waals surface area contributed by atoms with Gasteiger partial charge in [0.25, 0.3) is 0 Å². The quantitative estimate of drug-likeness (QED) is 0.910. The number of benzene rings is 1. The lowest BCUT2D eigenvalue weighted by atomic mass is 9.97. The van der Waals surface area contributed by atoms with Crippen molar-refractivity contribution in [3.05, 3.63) is 35.0 Å². The van der Waals surface area contributed by atoms with Crippen LogP contribution in [0.1, 0.15) is 49.4 Å². The van der Waals surface area contributed by atoms with Crippen LogP contribution in [0.25, 0.3) is 10.9 Å². The summed E-state index contributed by atoms with van der Waals surface area (Å²) in [7, 11) is 2.03. The molecule has 0 bridgehead atoms. The Kier molecular flexibility index (Phi) is 4.91. The molecule has 3 rings (SSSR count). The Labute approximate surface area is 131 Å². The third-order valence-corrected chi connectivity index (χ3v) is 4.44. The van der Waals surface area contributed by atoms with Gasteiger partial charge in [0.05, 0.1) is 0 Å². The van der Waals surface area contributed by atoms with E-state index in [2.05, 4.69) is 22.8 Å². The Morgan fingerprint density at radius 2 is 2.05 bits per heavy atom. The summed E-state index contributed by atoms with van der Waals surface area (Å²) in [6, 6.07) is 5.53. The van der Waals surface area contributed by atoms with Crippen molar-refractivity contribution in [2.24, 2.45) is 12.8 Å². The normalized spacial score (nSPS) is 15.3. The summed E-state index contributed by atoms with van der Waals surface area (Å²) in [5.74, 6) is -0.300. The number of carbonyl (C=O) groups is 1. The van der Waals surface area contributed by atoms with Crippen LogP contribution in [0.3, 0.4) is 0 Å². The van der Waals surface area contributed by atoms with E-state index in [1.807, 2.05) is 27.8 Å². The molecule has 0 radical (unpaired) electrons. The van der Waals surface area contributed by atoms with Crippen molar-refractivity contribution in [3.63, 3.8) is 0 Å². The van der Waals surface area contributed by atoms with Crippen molar-refractivity contribution in [2.75, 3.05) is 0 Å². The summed E-state index contributed by atoms with van der Waals surface area (Å²) in [5.41, 5.74) is 10.5. The number of carboxylic acids is 1. The molecule has 1 fully saturated rings. The number of aromatic nitrogens is 1. The molecule has 1 heterocycles. The van der Waals surface area contributed by atoms with Crippen LogP contribution in [0.5, 0.6) is 0 Å². The molecule has 2 aromatic rings. The van der Waals surface area contributed by atoms with E-state index in [-0.39, 0.29) is 0 Å². The first-order valence-electron chi connectivity index (χ1n) is 8.06. The highest BCUT2D eigenvalue weighted by atomic mass is 16.4. The highest BCUT2D eigenvalue weighted by Crippen LogP contribution is 2.44. The number of hydrogen-bond acceptors (Lipinski definition) is 2. The lowest BCUT2D eigenvalue weighted by molar-refractivity contribution is -0.138. The standard InChI is InChI=1S/C16H20N2O2.C2H6/c1-9-12(8-13(17)16(19)20)15-11(10-6-7-10)4-3-5-14(15)18(9)2;1-2/h3-5,10,13H,6-8,17H2,1-2H3,(H,19,20);1-2H3. The molecule has 1 atom stereocenters. The van der Waals surface area contributed by atoms with Crippen molar-refractivity contribution in [1.82, 2.24) is 4.57 Å². The Morgan fingerprint density at radius 3 is 2.59 bits per heavy atom. The van der Waals surface area contributed by atoms with Crippen LogP contribution < -0.4 is 5.73 Å². The minimum atomic E-state index is -0.940. The highest BCUT2D eigenvalue weighted by molar-refractivity contribution is 5.90. The fourth-order valence-electron chi connectivity index (χ4n) is 3.02. The Balaban J connectivity index is 0.000000847. The van der Waals surface area contributed by atoms with Crippen molar-refractivity contribution < 1.29 is 9.90 Å². The second-order valence-electron chi connectivity index (χ2n) is 5.79. The van der Waals surface area contributed by atoms with Crippen molar-refractivity contribution >= 4 is 16.9 Å². The van der Waals surface area contributed by atoms with Crippen LogP contribution in [0.2, 0.25) is 0 Å². The Hall–Kier alpha value is -1.81. The molecule has 1 aliphatic rings. The van der Waals surface area contributed by atoms with Gasteiger partial charge in [-0.25, -0.2) is 0 Å². The molecule has 1 aliphatic carbocycles. The number of hydrogen-bond donors (Lipinski definition) is 2. The van der Waals surface area contributed by atoms with Gasteiger partial charge in [0.2, 0.25) is 0 Å².